The molecule has 0 aromatic rings. The van der Waals surface area contributed by atoms with E-state index < -0.39 is 0 Å². The summed E-state index contributed by atoms with van der Waals surface area (Å²) in [4.78, 5) is 0. The molecule has 1 heterocycles. The van der Waals surface area contributed by atoms with Crippen molar-refractivity contribution in [2.24, 2.45) is 11.3 Å². The zero-order chi connectivity index (χ0) is 7.73. The van der Waals surface area contributed by atoms with Gasteiger partial charge in [-0.1, -0.05) is 0 Å². The van der Waals surface area contributed by atoms with Crippen molar-refractivity contribution >= 4 is 0 Å². The van der Waals surface area contributed by atoms with Crippen LogP contribution in [0.2, 0.25) is 0 Å². The first-order chi connectivity index (χ1) is 5.35. The van der Waals surface area contributed by atoms with Crippen LogP contribution in [0.1, 0.15) is 25.7 Å². The van der Waals surface area contributed by atoms with Crippen molar-refractivity contribution in [3.05, 3.63) is 0 Å². The van der Waals surface area contributed by atoms with Crippen LogP contribution in [0.4, 0.5) is 0 Å². The third-order valence-electron chi connectivity index (χ3n) is 3.26. The molecule has 1 saturated heterocycles. The van der Waals surface area contributed by atoms with Gasteiger partial charge in [0.1, 0.15) is 0 Å². The van der Waals surface area contributed by atoms with E-state index in [0.29, 0.717) is 11.3 Å². The second kappa shape index (κ2) is 2.53. The molecular formula is C10H15N. The molecule has 1 aliphatic carbocycles. The normalized spacial score (nSPS) is 29.4. The van der Waals surface area contributed by atoms with Crippen LogP contribution in [0.15, 0.2) is 0 Å². The molecule has 0 unspecified atom stereocenters. The fraction of sp³-hybridized carbons (Fsp3) is 0.800. The average molecular weight is 149 g/mol. The highest BCUT2D eigenvalue weighted by Crippen LogP contribution is 2.51. The second-order valence-corrected chi connectivity index (χ2v) is 4.02. The van der Waals surface area contributed by atoms with Crippen LogP contribution in [0, 0.1) is 23.7 Å². The number of rotatable bonds is 0. The van der Waals surface area contributed by atoms with Crippen LogP contribution >= 0.6 is 0 Å². The zero-order valence-corrected chi connectivity index (χ0v) is 6.90. The van der Waals surface area contributed by atoms with Gasteiger partial charge in [-0.2, -0.15) is 0 Å². The van der Waals surface area contributed by atoms with E-state index in [1.807, 2.05) is 0 Å². The van der Waals surface area contributed by atoms with Crippen LogP contribution in [-0.4, -0.2) is 13.1 Å². The molecule has 60 valence electrons. The van der Waals surface area contributed by atoms with Crippen LogP contribution in [0.3, 0.4) is 0 Å². The van der Waals surface area contributed by atoms with Gasteiger partial charge < -0.3 is 5.32 Å². The number of nitrogens with one attached hydrogen (secondary N) is 1. The number of terminal acetylenes is 1. The smallest absolute Gasteiger partial charge is 0.0210 e. The molecule has 2 rings (SSSR count). The monoisotopic (exact) mass is 149 g/mol. The summed E-state index contributed by atoms with van der Waals surface area (Å²) in [7, 11) is 0. The first kappa shape index (κ1) is 7.18. The Morgan fingerprint density at radius 2 is 1.91 bits per heavy atom. The number of hydrogen-bond acceptors (Lipinski definition) is 1. The van der Waals surface area contributed by atoms with E-state index in [-0.39, 0.29) is 0 Å². The summed E-state index contributed by atoms with van der Waals surface area (Å²) in [6.45, 7) is 2.41. The molecule has 0 atom stereocenters. The first-order valence-electron chi connectivity index (χ1n) is 4.52. The molecule has 0 radical (unpaired) electrons. The van der Waals surface area contributed by atoms with Crippen molar-refractivity contribution in [2.75, 3.05) is 13.1 Å². The van der Waals surface area contributed by atoms with Crippen molar-refractivity contribution in [3.8, 4) is 12.3 Å². The fourth-order valence-corrected chi connectivity index (χ4v) is 2.47. The molecule has 1 heteroatoms. The van der Waals surface area contributed by atoms with Crippen LogP contribution in [-0.2, 0) is 0 Å². The minimum atomic E-state index is 0.605. The van der Waals surface area contributed by atoms with Crippen molar-refractivity contribution in [1.29, 1.82) is 0 Å². The summed E-state index contributed by atoms with van der Waals surface area (Å²) in [6, 6.07) is 0. The predicted octanol–water partition coefficient (Wildman–Crippen LogP) is 1.40. The predicted molar refractivity (Wildman–Crippen MR) is 46.1 cm³/mol. The summed E-state index contributed by atoms with van der Waals surface area (Å²) in [5.74, 6) is 3.46. The molecule has 0 aromatic heterocycles. The van der Waals surface area contributed by atoms with E-state index in [2.05, 4.69) is 11.2 Å². The van der Waals surface area contributed by atoms with Gasteiger partial charge in [-0.05, 0) is 44.2 Å². The Morgan fingerprint density at radius 3 is 2.45 bits per heavy atom. The van der Waals surface area contributed by atoms with E-state index in [1.165, 1.54) is 38.8 Å². The second-order valence-electron chi connectivity index (χ2n) is 4.02. The van der Waals surface area contributed by atoms with Crippen molar-refractivity contribution in [2.45, 2.75) is 25.7 Å². The van der Waals surface area contributed by atoms with E-state index in [4.69, 9.17) is 6.42 Å². The van der Waals surface area contributed by atoms with Gasteiger partial charge in [0.15, 0.2) is 0 Å². The van der Waals surface area contributed by atoms with E-state index in [1.54, 1.807) is 0 Å². The van der Waals surface area contributed by atoms with Gasteiger partial charge in [0.2, 0.25) is 0 Å². The minimum absolute atomic E-state index is 0.605. The highest BCUT2D eigenvalue weighted by molar-refractivity contribution is 5.07. The topological polar surface area (TPSA) is 12.0 Å². The van der Waals surface area contributed by atoms with Crippen molar-refractivity contribution < 1.29 is 0 Å². The molecule has 1 saturated carbocycles. The number of piperidine rings is 1. The zero-order valence-electron chi connectivity index (χ0n) is 6.90. The van der Waals surface area contributed by atoms with E-state index in [9.17, 15) is 0 Å². The lowest BCUT2D eigenvalue weighted by Gasteiger charge is -2.48. The maximum Gasteiger partial charge on any atom is 0.0210 e. The summed E-state index contributed by atoms with van der Waals surface area (Å²) in [6.07, 6.45) is 10.7. The SMILES string of the molecule is C#CC1CC2(CCNCC2)C1. The van der Waals surface area contributed by atoms with Gasteiger partial charge >= 0.3 is 0 Å². The summed E-state index contributed by atoms with van der Waals surface area (Å²) in [5, 5.41) is 3.39. The molecule has 0 amide bonds. The lowest BCUT2D eigenvalue weighted by atomic mass is 9.58. The van der Waals surface area contributed by atoms with Gasteiger partial charge in [0.05, 0.1) is 0 Å². The third-order valence-corrected chi connectivity index (χ3v) is 3.26. The van der Waals surface area contributed by atoms with Crippen LogP contribution in [0.5, 0.6) is 0 Å². The van der Waals surface area contributed by atoms with Crippen molar-refractivity contribution in [1.82, 2.24) is 5.32 Å². The molecule has 1 aliphatic heterocycles. The Bertz CT molecular complexity index is 176. The Balaban J connectivity index is 1.90. The van der Waals surface area contributed by atoms with Crippen LogP contribution < -0.4 is 5.32 Å². The maximum absolute atomic E-state index is 5.36. The highest BCUT2D eigenvalue weighted by Gasteiger charge is 2.43. The molecule has 1 spiro atoms. The molecule has 1 N–H and O–H groups in total. The Kier molecular flexibility index (Phi) is 1.65. The van der Waals surface area contributed by atoms with E-state index >= 15 is 0 Å². The lowest BCUT2D eigenvalue weighted by Crippen LogP contribution is -2.44. The van der Waals surface area contributed by atoms with Gasteiger partial charge in [-0.15, -0.1) is 12.3 Å². The molecular weight excluding hydrogens is 134 g/mol. The van der Waals surface area contributed by atoms with Gasteiger partial charge in [-0.3, -0.25) is 0 Å². The van der Waals surface area contributed by atoms with Gasteiger partial charge in [-0.25, -0.2) is 0 Å². The molecule has 0 aromatic carbocycles. The third kappa shape index (κ3) is 1.16. The molecule has 1 nitrogen and oxygen atoms in total. The van der Waals surface area contributed by atoms with E-state index in [0.717, 1.165) is 0 Å². The molecule has 2 fully saturated rings. The molecule has 2 aliphatic rings. The standard InChI is InChI=1S/C10H15N/c1-2-9-7-10(8-9)3-5-11-6-4-10/h1,9,11H,3-8H2. The van der Waals surface area contributed by atoms with Crippen molar-refractivity contribution in [3.63, 3.8) is 0 Å². The Labute approximate surface area is 68.6 Å². The Morgan fingerprint density at radius 1 is 1.27 bits per heavy atom. The first-order valence-corrected chi connectivity index (χ1v) is 4.52. The summed E-state index contributed by atoms with van der Waals surface area (Å²) >= 11 is 0. The van der Waals surface area contributed by atoms with Gasteiger partial charge in [0.25, 0.3) is 0 Å². The van der Waals surface area contributed by atoms with Gasteiger partial charge in [0, 0.05) is 5.92 Å². The fourth-order valence-electron chi connectivity index (χ4n) is 2.47. The highest BCUT2D eigenvalue weighted by atomic mass is 14.9. The lowest BCUT2D eigenvalue weighted by molar-refractivity contribution is 0.0502. The number of hydrogen-bond donors (Lipinski definition) is 1. The molecule has 11 heavy (non-hydrogen) atoms. The Hall–Kier alpha value is -0.480. The maximum atomic E-state index is 5.36. The van der Waals surface area contributed by atoms with Crippen LogP contribution in [0.25, 0.3) is 0 Å². The largest absolute Gasteiger partial charge is 0.317 e. The summed E-state index contributed by atoms with van der Waals surface area (Å²) in [5.41, 5.74) is 0.669. The minimum Gasteiger partial charge on any atom is -0.317 e. The quantitative estimate of drug-likeness (QED) is 0.513. The average Bonchev–Trinajstić information content (AvgIpc) is 2.01. The summed E-state index contributed by atoms with van der Waals surface area (Å²) < 4.78 is 0. The molecule has 0 bridgehead atoms.